The highest BCUT2D eigenvalue weighted by Crippen LogP contribution is 2.26. The molecule has 0 aliphatic carbocycles. The van der Waals surface area contributed by atoms with Crippen molar-refractivity contribution >= 4 is 38.1 Å². The molecule has 0 radical (unpaired) electrons. The molecule has 64 valence electrons. The second-order valence-electron chi connectivity index (χ2n) is 2.70. The number of fused-ring (bicyclic) bond motifs is 3. The summed E-state index contributed by atoms with van der Waals surface area (Å²) in [6, 6.07) is 5.80. The third kappa shape index (κ3) is 0.959. The Morgan fingerprint density at radius 3 is 3.23 bits per heavy atom. The van der Waals surface area contributed by atoms with E-state index in [1.165, 1.54) is 4.70 Å². The van der Waals surface area contributed by atoms with Gasteiger partial charge in [0.05, 0.1) is 10.2 Å². The second-order valence-corrected chi connectivity index (χ2v) is 4.14. The molecule has 0 spiro atoms. The van der Waals surface area contributed by atoms with Gasteiger partial charge in [-0.1, -0.05) is 22.9 Å². The first-order valence-corrected chi connectivity index (χ1v) is 4.92. The van der Waals surface area contributed by atoms with Crippen LogP contribution in [0.5, 0.6) is 0 Å². The summed E-state index contributed by atoms with van der Waals surface area (Å²) in [5.74, 6) is 0. The zero-order valence-electron chi connectivity index (χ0n) is 6.44. The summed E-state index contributed by atoms with van der Waals surface area (Å²) in [5.41, 5.74) is 1.07. The van der Waals surface area contributed by atoms with E-state index in [9.17, 15) is 0 Å². The summed E-state index contributed by atoms with van der Waals surface area (Å²) in [7, 11) is 0. The smallest absolute Gasteiger partial charge is 0.217 e. The molecule has 3 nitrogen and oxygen atoms in total. The molecule has 0 saturated carbocycles. The molecule has 13 heavy (non-hydrogen) atoms. The van der Waals surface area contributed by atoms with Gasteiger partial charge < -0.3 is 0 Å². The van der Waals surface area contributed by atoms with E-state index < -0.39 is 0 Å². The highest BCUT2D eigenvalue weighted by molar-refractivity contribution is 7.23. The molecule has 0 saturated heterocycles. The van der Waals surface area contributed by atoms with Gasteiger partial charge in [-0.15, -0.1) is 10.2 Å². The van der Waals surface area contributed by atoms with Gasteiger partial charge in [-0.25, -0.2) is 0 Å². The van der Waals surface area contributed by atoms with Crippen molar-refractivity contribution in [3.63, 3.8) is 0 Å². The number of halogens is 1. The van der Waals surface area contributed by atoms with E-state index in [-0.39, 0.29) is 0 Å². The molecular weight excluding hydrogens is 206 g/mol. The summed E-state index contributed by atoms with van der Waals surface area (Å²) in [6.07, 6.45) is 1.70. The minimum absolute atomic E-state index is 0.737. The van der Waals surface area contributed by atoms with E-state index in [2.05, 4.69) is 10.2 Å². The number of hydrogen-bond donors (Lipinski definition) is 0. The van der Waals surface area contributed by atoms with Crippen molar-refractivity contribution in [3.8, 4) is 0 Å². The highest BCUT2D eigenvalue weighted by atomic mass is 35.5. The van der Waals surface area contributed by atoms with E-state index >= 15 is 0 Å². The maximum Gasteiger partial charge on any atom is 0.217 e. The minimum atomic E-state index is 0.737. The summed E-state index contributed by atoms with van der Waals surface area (Å²) < 4.78 is 3.11. The lowest BCUT2D eigenvalue weighted by Crippen LogP contribution is -1.75. The van der Waals surface area contributed by atoms with Gasteiger partial charge in [-0.2, -0.15) is 0 Å². The highest BCUT2D eigenvalue weighted by Gasteiger charge is 2.05. The Hall–Kier alpha value is -1.13. The van der Waals surface area contributed by atoms with Gasteiger partial charge >= 0.3 is 0 Å². The average Bonchev–Trinajstić information content (AvgIpc) is 2.64. The molecule has 0 N–H and O–H groups in total. The maximum atomic E-state index is 5.89. The SMILES string of the molecule is Clc1ccc2sc3nncn3c2c1. The van der Waals surface area contributed by atoms with Gasteiger partial charge in [0.1, 0.15) is 6.33 Å². The Labute approximate surface area is 82.6 Å². The quantitative estimate of drug-likeness (QED) is 0.570. The van der Waals surface area contributed by atoms with Crippen molar-refractivity contribution in [2.75, 3.05) is 0 Å². The Morgan fingerprint density at radius 2 is 2.31 bits per heavy atom. The molecule has 0 unspecified atom stereocenters. The van der Waals surface area contributed by atoms with Gasteiger partial charge in [0.25, 0.3) is 0 Å². The molecule has 0 aliphatic heterocycles. The Bertz CT molecular complexity index is 583. The Morgan fingerprint density at radius 1 is 1.38 bits per heavy atom. The van der Waals surface area contributed by atoms with Crippen LogP contribution < -0.4 is 0 Å². The van der Waals surface area contributed by atoms with Crippen molar-refractivity contribution in [1.29, 1.82) is 0 Å². The van der Waals surface area contributed by atoms with E-state index in [4.69, 9.17) is 11.6 Å². The first kappa shape index (κ1) is 7.29. The molecule has 2 aromatic heterocycles. The zero-order valence-corrected chi connectivity index (χ0v) is 8.01. The number of benzene rings is 1. The van der Waals surface area contributed by atoms with Crippen LogP contribution in [0.25, 0.3) is 15.2 Å². The largest absolute Gasteiger partial charge is 0.272 e. The molecule has 3 rings (SSSR count). The molecule has 2 heterocycles. The molecule has 0 fully saturated rings. The van der Waals surface area contributed by atoms with E-state index in [0.29, 0.717) is 0 Å². The summed E-state index contributed by atoms with van der Waals surface area (Å²) in [6.45, 7) is 0. The summed E-state index contributed by atoms with van der Waals surface area (Å²) in [4.78, 5) is 0.900. The van der Waals surface area contributed by atoms with Crippen molar-refractivity contribution in [3.05, 3.63) is 29.5 Å². The summed E-state index contributed by atoms with van der Waals surface area (Å²) in [5, 5.41) is 8.53. The van der Waals surface area contributed by atoms with Crippen molar-refractivity contribution in [1.82, 2.24) is 14.6 Å². The molecule has 0 amide bonds. The van der Waals surface area contributed by atoms with Crippen molar-refractivity contribution < 1.29 is 0 Å². The van der Waals surface area contributed by atoms with Crippen LogP contribution in [0, 0.1) is 0 Å². The Kier molecular flexibility index (Phi) is 1.36. The molecule has 1 aromatic carbocycles. The van der Waals surface area contributed by atoms with Gasteiger partial charge in [-0.3, -0.25) is 4.40 Å². The van der Waals surface area contributed by atoms with Gasteiger partial charge in [0.15, 0.2) is 0 Å². The van der Waals surface area contributed by atoms with Crippen LogP contribution in [-0.2, 0) is 0 Å². The minimum Gasteiger partial charge on any atom is -0.272 e. The number of nitrogens with zero attached hydrogens (tertiary/aromatic N) is 3. The third-order valence-electron chi connectivity index (χ3n) is 1.90. The topological polar surface area (TPSA) is 30.2 Å². The van der Waals surface area contributed by atoms with E-state index in [1.54, 1.807) is 17.7 Å². The number of rotatable bonds is 0. The fourth-order valence-corrected chi connectivity index (χ4v) is 2.42. The molecule has 5 heteroatoms. The number of thiazole rings is 1. The van der Waals surface area contributed by atoms with Gasteiger partial charge in [0, 0.05) is 5.02 Å². The number of hydrogen-bond acceptors (Lipinski definition) is 3. The predicted octanol–water partition coefficient (Wildman–Crippen LogP) is 2.60. The normalized spacial score (nSPS) is 11.5. The third-order valence-corrected chi connectivity index (χ3v) is 3.16. The van der Waals surface area contributed by atoms with Crippen molar-refractivity contribution in [2.24, 2.45) is 0 Å². The first-order valence-electron chi connectivity index (χ1n) is 3.72. The number of aromatic nitrogens is 3. The van der Waals surface area contributed by atoms with Crippen LogP contribution in [-0.4, -0.2) is 14.6 Å². The molecule has 0 atom stereocenters. The Balaban J connectivity index is 2.61. The lowest BCUT2D eigenvalue weighted by Gasteiger charge is -1.90. The molecule has 0 aliphatic rings. The zero-order chi connectivity index (χ0) is 8.84. The van der Waals surface area contributed by atoms with Crippen molar-refractivity contribution in [2.45, 2.75) is 0 Å². The predicted molar refractivity (Wildman–Crippen MR) is 53.4 cm³/mol. The van der Waals surface area contributed by atoms with Crippen LogP contribution in [0.2, 0.25) is 5.02 Å². The van der Waals surface area contributed by atoms with Crippen LogP contribution in [0.4, 0.5) is 0 Å². The van der Waals surface area contributed by atoms with E-state index in [0.717, 1.165) is 15.5 Å². The van der Waals surface area contributed by atoms with Crippen LogP contribution in [0.3, 0.4) is 0 Å². The molecular formula is C8H4ClN3S. The van der Waals surface area contributed by atoms with Gasteiger partial charge in [-0.05, 0) is 18.2 Å². The lowest BCUT2D eigenvalue weighted by molar-refractivity contribution is 1.11. The average molecular weight is 210 g/mol. The van der Waals surface area contributed by atoms with E-state index in [1.807, 2.05) is 22.6 Å². The second kappa shape index (κ2) is 2.43. The lowest BCUT2D eigenvalue weighted by atomic mass is 10.3. The standard InChI is InChI=1S/C8H4ClN3S/c9-5-1-2-7-6(3-5)12-4-10-11-8(12)13-7/h1-4H. The molecule has 0 bridgehead atoms. The van der Waals surface area contributed by atoms with Crippen LogP contribution >= 0.6 is 22.9 Å². The fourth-order valence-electron chi connectivity index (χ4n) is 1.32. The molecule has 3 aromatic rings. The summed E-state index contributed by atoms with van der Waals surface area (Å²) >= 11 is 7.50. The van der Waals surface area contributed by atoms with Crippen LogP contribution in [0.15, 0.2) is 24.5 Å². The van der Waals surface area contributed by atoms with Gasteiger partial charge in [0.2, 0.25) is 4.96 Å². The van der Waals surface area contributed by atoms with Crippen LogP contribution in [0.1, 0.15) is 0 Å². The monoisotopic (exact) mass is 209 g/mol. The maximum absolute atomic E-state index is 5.89. The first-order chi connectivity index (χ1) is 6.34. The fraction of sp³-hybridized carbons (Fsp3) is 0.